The van der Waals surface area contributed by atoms with Gasteiger partial charge in [0.2, 0.25) is 0 Å². The van der Waals surface area contributed by atoms with E-state index in [9.17, 15) is 0 Å². The molecule has 96 valence electrons. The first-order valence-corrected chi connectivity index (χ1v) is 7.84. The lowest BCUT2D eigenvalue weighted by Crippen LogP contribution is -1.85. The van der Waals surface area contributed by atoms with Crippen molar-refractivity contribution in [2.75, 3.05) is 0 Å². The smallest absolute Gasteiger partial charge is 0.179 e. The van der Waals surface area contributed by atoms with E-state index < -0.39 is 0 Å². The van der Waals surface area contributed by atoms with Gasteiger partial charge in [-0.2, -0.15) is 0 Å². The van der Waals surface area contributed by atoms with E-state index in [1.54, 1.807) is 6.07 Å². The van der Waals surface area contributed by atoms with Gasteiger partial charge in [0.15, 0.2) is 5.65 Å². The van der Waals surface area contributed by atoms with Crippen LogP contribution in [0.5, 0.6) is 0 Å². The molecule has 0 amide bonds. The summed E-state index contributed by atoms with van der Waals surface area (Å²) in [5, 5.41) is 0.671. The summed E-state index contributed by atoms with van der Waals surface area (Å²) in [4.78, 5) is 11.8. The van der Waals surface area contributed by atoms with Gasteiger partial charge in [-0.15, -0.1) is 0 Å². The van der Waals surface area contributed by atoms with E-state index in [0.717, 1.165) is 24.9 Å². The van der Waals surface area contributed by atoms with Crippen molar-refractivity contribution in [3.63, 3.8) is 0 Å². The fraction of sp³-hybridized carbons (Fsp3) is 0. The van der Waals surface area contributed by atoms with Crippen molar-refractivity contribution < 1.29 is 0 Å². The number of halogens is 4. The van der Waals surface area contributed by atoms with E-state index in [4.69, 9.17) is 23.2 Å². The third-order valence-corrected chi connectivity index (χ3v) is 4.67. The van der Waals surface area contributed by atoms with Crippen LogP contribution in [-0.2, 0) is 0 Å². The molecule has 1 aromatic carbocycles. The average molecular weight is 469 g/mol. The van der Waals surface area contributed by atoms with Crippen LogP contribution in [0.4, 0.5) is 0 Å². The Morgan fingerprint density at radius 1 is 1.16 bits per heavy atom. The predicted octanol–water partition coefficient (Wildman–Crippen LogP) is 5.30. The summed E-state index contributed by atoms with van der Waals surface area (Å²) >= 11 is 17.6. The molecule has 7 heteroatoms. The fourth-order valence-corrected chi connectivity index (χ4v) is 2.94. The van der Waals surface area contributed by atoms with Crippen LogP contribution in [0.3, 0.4) is 0 Å². The molecule has 0 spiro atoms. The number of hydrogen-bond acceptors (Lipinski definition) is 2. The summed E-state index contributed by atoms with van der Waals surface area (Å²) in [7, 11) is 0. The highest BCUT2D eigenvalue weighted by Crippen LogP contribution is 2.29. The molecule has 1 N–H and O–H groups in total. The van der Waals surface area contributed by atoms with E-state index >= 15 is 0 Å². The van der Waals surface area contributed by atoms with Gasteiger partial charge in [0, 0.05) is 13.6 Å². The number of nitrogens with one attached hydrogen (secondary N) is 1. The van der Waals surface area contributed by atoms with Gasteiger partial charge < -0.3 is 4.98 Å². The Morgan fingerprint density at radius 2 is 1.95 bits per heavy atom. The van der Waals surface area contributed by atoms with Crippen molar-refractivity contribution >= 4 is 72.9 Å². The number of imidazole rings is 1. The first kappa shape index (κ1) is 13.6. The Morgan fingerprint density at radius 3 is 2.74 bits per heavy atom. The standard InChI is InChI=1S/C12H5BrCl2IN3/c13-5-1-2-8(16)6(3-5)11-17-9-4-7(14)10(15)18-12(9)19-11/h1-4H,(H,17,18,19). The molecule has 3 nitrogen and oxygen atoms in total. The number of pyridine rings is 1. The minimum atomic E-state index is 0.260. The molecule has 3 aromatic rings. The minimum Gasteiger partial charge on any atom is -0.336 e. The zero-order valence-corrected chi connectivity index (χ0v) is 14.5. The van der Waals surface area contributed by atoms with Crippen molar-refractivity contribution in [2.24, 2.45) is 0 Å². The van der Waals surface area contributed by atoms with E-state index in [-0.39, 0.29) is 5.15 Å². The number of H-pyrrole nitrogens is 1. The van der Waals surface area contributed by atoms with E-state index in [1.165, 1.54) is 0 Å². The van der Waals surface area contributed by atoms with Crippen LogP contribution in [0.1, 0.15) is 0 Å². The lowest BCUT2D eigenvalue weighted by Gasteiger charge is -2.01. The summed E-state index contributed by atoms with van der Waals surface area (Å²) in [5.41, 5.74) is 2.32. The van der Waals surface area contributed by atoms with E-state index in [1.807, 2.05) is 18.2 Å². The molecule has 3 rings (SSSR count). The molecule has 2 aromatic heterocycles. The largest absolute Gasteiger partial charge is 0.336 e. The zero-order chi connectivity index (χ0) is 13.6. The molecule has 0 fully saturated rings. The summed E-state index contributed by atoms with van der Waals surface area (Å²) in [5.74, 6) is 0.742. The van der Waals surface area contributed by atoms with Crippen LogP contribution in [0, 0.1) is 3.57 Å². The molecule has 0 aliphatic carbocycles. The van der Waals surface area contributed by atoms with Crippen LogP contribution in [0.15, 0.2) is 28.7 Å². The Bertz CT molecular complexity index is 749. The second-order valence-electron chi connectivity index (χ2n) is 3.84. The maximum absolute atomic E-state index is 5.95. The van der Waals surface area contributed by atoms with Crippen molar-refractivity contribution in [3.8, 4) is 11.4 Å². The Kier molecular flexibility index (Phi) is 3.72. The number of hydrogen-bond donors (Lipinski definition) is 1. The molecule has 0 atom stereocenters. The van der Waals surface area contributed by atoms with E-state index in [0.29, 0.717) is 10.7 Å². The Labute approximate surface area is 141 Å². The highest BCUT2D eigenvalue weighted by molar-refractivity contribution is 14.1. The Hall–Kier alpha value is -0.370. The molecule has 0 radical (unpaired) electrons. The number of rotatable bonds is 1. The third kappa shape index (κ3) is 2.61. The highest BCUT2D eigenvalue weighted by Gasteiger charge is 2.12. The summed E-state index contributed by atoms with van der Waals surface area (Å²) in [6, 6.07) is 7.73. The molecule has 0 aliphatic heterocycles. The van der Waals surface area contributed by atoms with Gasteiger partial charge in [0.05, 0.1) is 10.5 Å². The molecular formula is C12H5BrCl2IN3. The molecule has 19 heavy (non-hydrogen) atoms. The second kappa shape index (κ2) is 5.20. The topological polar surface area (TPSA) is 41.6 Å². The lowest BCUT2D eigenvalue weighted by atomic mass is 10.2. The van der Waals surface area contributed by atoms with Crippen molar-refractivity contribution in [3.05, 3.63) is 42.5 Å². The van der Waals surface area contributed by atoms with Crippen LogP contribution in [0.25, 0.3) is 22.6 Å². The molecule has 2 heterocycles. The van der Waals surface area contributed by atoms with Crippen LogP contribution >= 0.6 is 61.7 Å². The molecule has 0 saturated carbocycles. The van der Waals surface area contributed by atoms with Gasteiger partial charge in [-0.25, -0.2) is 9.97 Å². The summed E-state index contributed by atoms with van der Waals surface area (Å²) in [6.45, 7) is 0. The van der Waals surface area contributed by atoms with Crippen LogP contribution < -0.4 is 0 Å². The van der Waals surface area contributed by atoms with Gasteiger partial charge in [0.1, 0.15) is 11.0 Å². The van der Waals surface area contributed by atoms with Gasteiger partial charge in [-0.3, -0.25) is 0 Å². The normalized spacial score (nSPS) is 11.2. The number of benzene rings is 1. The minimum absolute atomic E-state index is 0.260. The molecule has 0 aliphatic rings. The number of nitrogens with zero attached hydrogens (tertiary/aromatic N) is 2. The summed E-state index contributed by atoms with van der Waals surface area (Å²) < 4.78 is 2.09. The maximum Gasteiger partial charge on any atom is 0.179 e. The molecule has 0 saturated heterocycles. The van der Waals surface area contributed by atoms with Gasteiger partial charge >= 0.3 is 0 Å². The molecule has 0 bridgehead atoms. The average Bonchev–Trinajstić information content (AvgIpc) is 2.75. The van der Waals surface area contributed by atoms with Gasteiger partial charge in [-0.05, 0) is 46.9 Å². The third-order valence-electron chi connectivity index (χ3n) is 2.57. The Balaban J connectivity index is 2.23. The van der Waals surface area contributed by atoms with Gasteiger partial charge in [-0.1, -0.05) is 39.1 Å². The van der Waals surface area contributed by atoms with Gasteiger partial charge in [0.25, 0.3) is 0 Å². The monoisotopic (exact) mass is 467 g/mol. The number of aromatic nitrogens is 3. The van der Waals surface area contributed by atoms with Crippen molar-refractivity contribution in [2.45, 2.75) is 0 Å². The van der Waals surface area contributed by atoms with Crippen molar-refractivity contribution in [1.29, 1.82) is 0 Å². The number of aromatic amines is 1. The highest BCUT2D eigenvalue weighted by atomic mass is 127. The summed E-state index contributed by atoms with van der Waals surface area (Å²) in [6.07, 6.45) is 0. The molecular weight excluding hydrogens is 464 g/mol. The SMILES string of the molecule is Clc1cc2[nH]c(-c3cc(Br)ccc3I)nc2nc1Cl. The van der Waals surface area contributed by atoms with E-state index in [2.05, 4.69) is 53.5 Å². The zero-order valence-electron chi connectivity index (χ0n) is 9.22. The van der Waals surface area contributed by atoms with Crippen molar-refractivity contribution in [1.82, 2.24) is 15.0 Å². The molecule has 0 unspecified atom stereocenters. The van der Waals surface area contributed by atoms with Crippen LogP contribution in [0.2, 0.25) is 10.2 Å². The second-order valence-corrected chi connectivity index (χ2v) is 6.68. The van der Waals surface area contributed by atoms with Crippen LogP contribution in [-0.4, -0.2) is 15.0 Å². The first-order chi connectivity index (χ1) is 9.04. The quantitative estimate of drug-likeness (QED) is 0.389. The predicted molar refractivity (Wildman–Crippen MR) is 89.8 cm³/mol. The maximum atomic E-state index is 5.95. The lowest BCUT2D eigenvalue weighted by molar-refractivity contribution is 1.29. The fourth-order valence-electron chi connectivity index (χ4n) is 1.70. The number of fused-ring (bicyclic) bond motifs is 1. The first-order valence-electron chi connectivity index (χ1n) is 5.22.